The number of alkyl halides is 3. The van der Waals surface area contributed by atoms with E-state index in [1.165, 1.54) is 17.0 Å². The van der Waals surface area contributed by atoms with Gasteiger partial charge in [-0.05, 0) is 63.4 Å². The highest BCUT2D eigenvalue weighted by Gasteiger charge is 2.37. The number of benzene rings is 2. The van der Waals surface area contributed by atoms with Gasteiger partial charge in [0, 0.05) is 61.3 Å². The average Bonchev–Trinajstić information content (AvgIpc) is 3.64. The van der Waals surface area contributed by atoms with Crippen molar-refractivity contribution in [2.75, 3.05) is 18.4 Å². The number of nitrogens with one attached hydrogen (secondary N) is 1. The molecule has 1 N–H and O–H groups in total. The number of nitriles is 1. The second-order valence-electron chi connectivity index (χ2n) is 13.1. The zero-order valence-corrected chi connectivity index (χ0v) is 28.5. The fourth-order valence-corrected chi connectivity index (χ4v) is 7.32. The molecule has 1 saturated heterocycles. The fraction of sp³-hybridized carbons (Fsp3) is 0.314. The average molecular weight is 706 g/mol. The summed E-state index contributed by atoms with van der Waals surface area (Å²) in [5, 5.41) is 12.7. The van der Waals surface area contributed by atoms with Crippen LogP contribution in [0.15, 0.2) is 78.1 Å². The summed E-state index contributed by atoms with van der Waals surface area (Å²) in [5.41, 5.74) is -0.774. The smallest absolute Gasteiger partial charge is 0.419 e. The van der Waals surface area contributed by atoms with Crippen LogP contribution in [0.25, 0.3) is 33.3 Å². The van der Waals surface area contributed by atoms with Crippen molar-refractivity contribution >= 4 is 33.0 Å². The second-order valence-corrected chi connectivity index (χ2v) is 14.9. The maximum atomic E-state index is 14.6. The van der Waals surface area contributed by atoms with E-state index in [9.17, 15) is 31.6 Å². The number of likely N-dealkylation sites (tertiary alicyclic amines) is 1. The number of hydrogen-bond donors (Lipinski definition) is 1. The van der Waals surface area contributed by atoms with Gasteiger partial charge in [0.25, 0.3) is 10.0 Å². The highest BCUT2D eigenvalue weighted by atomic mass is 32.2. The normalized spacial score (nSPS) is 15.6. The largest absolute Gasteiger partial charge is 0.444 e. The number of rotatable bonds is 6. The fourth-order valence-electron chi connectivity index (χ4n) is 5.94. The van der Waals surface area contributed by atoms with E-state index < -0.39 is 39.2 Å². The van der Waals surface area contributed by atoms with Crippen LogP contribution in [0, 0.1) is 11.3 Å². The summed E-state index contributed by atoms with van der Waals surface area (Å²) in [7, 11) is -2.60. The quantitative estimate of drug-likeness (QED) is 0.199. The number of ether oxygens (including phenoxy) is 1. The molecule has 0 spiro atoms. The molecule has 5 aromatic rings. The monoisotopic (exact) mass is 705 g/mol. The Labute approximate surface area is 287 Å². The number of amides is 1. The number of halogens is 3. The molecule has 260 valence electrons. The van der Waals surface area contributed by atoms with Crippen molar-refractivity contribution in [3.63, 3.8) is 0 Å². The predicted octanol–water partition coefficient (Wildman–Crippen LogP) is 7.04. The Bertz CT molecular complexity index is 2230. The Morgan fingerprint density at radius 3 is 2.46 bits per heavy atom. The lowest BCUT2D eigenvalue weighted by atomic mass is 10.0. The Balaban J connectivity index is 1.47. The third-order valence-corrected chi connectivity index (χ3v) is 9.97. The molecule has 0 saturated carbocycles. The Hall–Kier alpha value is -5.36. The van der Waals surface area contributed by atoms with Gasteiger partial charge in [-0.25, -0.2) is 27.2 Å². The van der Waals surface area contributed by atoms with Crippen molar-refractivity contribution in [2.45, 2.75) is 56.3 Å². The lowest BCUT2D eigenvalue weighted by Crippen LogP contribution is -2.47. The predicted molar refractivity (Wildman–Crippen MR) is 181 cm³/mol. The van der Waals surface area contributed by atoms with Gasteiger partial charge in [-0.3, -0.25) is 0 Å². The van der Waals surface area contributed by atoms with Crippen molar-refractivity contribution < 1.29 is 31.1 Å². The summed E-state index contributed by atoms with van der Waals surface area (Å²) in [6.07, 6.45) is -0.623. The van der Waals surface area contributed by atoms with Crippen molar-refractivity contribution in [1.29, 1.82) is 5.26 Å². The maximum Gasteiger partial charge on any atom is 0.419 e. The highest BCUT2D eigenvalue weighted by Crippen LogP contribution is 2.41. The molecule has 3 aromatic heterocycles. The molecule has 0 unspecified atom stereocenters. The van der Waals surface area contributed by atoms with Crippen LogP contribution in [0.3, 0.4) is 0 Å². The standard InChI is InChI=1S/C35H34F3N7O4S/c1-34(2,3)49-33(46)44-14-8-9-24(20-44)41-32-40-18-29(35(36,37)38)31(42-32)28-21-45(50(47,48)26-10-6-5-7-11-26)30-16-22(12-13-27(28)30)23-15-25(17-39)43(4)19-23/h5-7,10-13,15-16,18-19,21,24H,8-9,14,20H2,1-4H3,(H,40,41,42)/t24-/m0/s1. The minimum absolute atomic E-state index is 0.0618. The van der Waals surface area contributed by atoms with Gasteiger partial charge in [-0.1, -0.05) is 30.3 Å². The molecule has 0 aliphatic carbocycles. The van der Waals surface area contributed by atoms with Crippen molar-refractivity contribution in [3.05, 3.63) is 84.4 Å². The molecular formula is C35H34F3N7O4S. The van der Waals surface area contributed by atoms with E-state index in [1.54, 1.807) is 81.0 Å². The number of anilines is 1. The summed E-state index contributed by atoms with van der Waals surface area (Å²) < 4.78 is 79.8. The number of aromatic nitrogens is 4. The molecule has 2 aromatic carbocycles. The van der Waals surface area contributed by atoms with Gasteiger partial charge in [0.2, 0.25) is 5.95 Å². The summed E-state index contributed by atoms with van der Waals surface area (Å²) >= 11 is 0. The van der Waals surface area contributed by atoms with Crippen LogP contribution in [0.2, 0.25) is 0 Å². The first-order valence-corrected chi connectivity index (χ1v) is 17.2. The lowest BCUT2D eigenvalue weighted by molar-refractivity contribution is -0.137. The SMILES string of the molecule is Cn1cc(-c2ccc3c(-c4nc(N[C@H]5CCCN(C(=O)OC(C)(C)C)C5)ncc4C(F)(F)F)cn(S(=O)(=O)c4ccccc4)c3c2)cc1C#N. The van der Waals surface area contributed by atoms with E-state index in [2.05, 4.69) is 21.4 Å². The van der Waals surface area contributed by atoms with E-state index in [0.717, 1.165) is 10.2 Å². The molecule has 1 amide bonds. The van der Waals surface area contributed by atoms with Crippen molar-refractivity contribution in [2.24, 2.45) is 7.05 Å². The van der Waals surface area contributed by atoms with Gasteiger partial charge in [-0.2, -0.15) is 18.4 Å². The molecule has 6 rings (SSSR count). The van der Waals surface area contributed by atoms with Gasteiger partial charge in [0.1, 0.15) is 22.9 Å². The summed E-state index contributed by atoms with van der Waals surface area (Å²) in [4.78, 5) is 22.5. The molecule has 11 nitrogen and oxygen atoms in total. The topological polar surface area (TPSA) is 135 Å². The number of fused-ring (bicyclic) bond motifs is 1. The Morgan fingerprint density at radius 1 is 1.06 bits per heavy atom. The number of carbonyl (C=O) groups is 1. The molecule has 1 aliphatic rings. The Kier molecular flexibility index (Phi) is 8.85. The summed E-state index contributed by atoms with van der Waals surface area (Å²) in [6, 6.07) is 15.7. The third-order valence-electron chi connectivity index (χ3n) is 8.28. The second kappa shape index (κ2) is 12.8. The summed E-state index contributed by atoms with van der Waals surface area (Å²) in [5.74, 6) is -0.110. The van der Waals surface area contributed by atoms with Crippen molar-refractivity contribution in [3.8, 4) is 28.5 Å². The van der Waals surface area contributed by atoms with Crippen molar-refractivity contribution in [1.82, 2.24) is 23.4 Å². The highest BCUT2D eigenvalue weighted by molar-refractivity contribution is 7.90. The number of hydrogen-bond acceptors (Lipinski definition) is 8. The van der Waals surface area contributed by atoms with Crippen LogP contribution in [0.1, 0.15) is 44.9 Å². The van der Waals surface area contributed by atoms with Gasteiger partial charge >= 0.3 is 12.3 Å². The van der Waals surface area contributed by atoms with Gasteiger partial charge in [0.15, 0.2) is 0 Å². The molecule has 1 aliphatic heterocycles. The summed E-state index contributed by atoms with van der Waals surface area (Å²) in [6.45, 7) is 5.97. The lowest BCUT2D eigenvalue weighted by Gasteiger charge is -2.34. The van der Waals surface area contributed by atoms with Crippen LogP contribution in [-0.4, -0.2) is 62.7 Å². The number of carbonyl (C=O) groups excluding carboxylic acids is 1. The molecule has 50 heavy (non-hydrogen) atoms. The Morgan fingerprint density at radius 2 is 1.80 bits per heavy atom. The van der Waals surface area contributed by atoms with E-state index >= 15 is 0 Å². The third kappa shape index (κ3) is 6.88. The van der Waals surface area contributed by atoms with Crippen LogP contribution in [0.5, 0.6) is 0 Å². The van der Waals surface area contributed by atoms with Crippen LogP contribution in [-0.2, 0) is 28.0 Å². The molecule has 1 atom stereocenters. The molecule has 4 heterocycles. The van der Waals surface area contributed by atoms with E-state index in [1.807, 2.05) is 0 Å². The minimum atomic E-state index is -4.88. The minimum Gasteiger partial charge on any atom is -0.444 e. The molecule has 1 fully saturated rings. The maximum absolute atomic E-state index is 14.6. The number of nitrogens with zero attached hydrogens (tertiary/aromatic N) is 6. The zero-order valence-electron chi connectivity index (χ0n) is 27.7. The van der Waals surface area contributed by atoms with Gasteiger partial charge in [0.05, 0.1) is 16.1 Å². The molecule has 0 radical (unpaired) electrons. The van der Waals surface area contributed by atoms with E-state index in [0.29, 0.717) is 42.4 Å². The van der Waals surface area contributed by atoms with Crippen LogP contribution in [0.4, 0.5) is 23.9 Å². The first kappa shape index (κ1) is 34.5. The zero-order chi connectivity index (χ0) is 36.0. The van der Waals surface area contributed by atoms with E-state index in [-0.39, 0.29) is 39.9 Å². The first-order valence-electron chi connectivity index (χ1n) is 15.8. The van der Waals surface area contributed by atoms with E-state index in [4.69, 9.17) is 4.74 Å². The molecule has 0 bridgehead atoms. The molecule has 15 heteroatoms. The van der Waals surface area contributed by atoms with Crippen LogP contribution < -0.4 is 5.32 Å². The number of piperidine rings is 1. The van der Waals surface area contributed by atoms with Gasteiger partial charge < -0.3 is 19.5 Å². The van der Waals surface area contributed by atoms with Crippen LogP contribution >= 0.6 is 0 Å². The number of aryl methyl sites for hydroxylation is 1. The first-order chi connectivity index (χ1) is 23.5. The molecular weight excluding hydrogens is 671 g/mol. The van der Waals surface area contributed by atoms with Gasteiger partial charge in [-0.15, -0.1) is 0 Å².